The Morgan fingerprint density at radius 2 is 1.50 bits per heavy atom. The van der Waals surface area contributed by atoms with Crippen molar-refractivity contribution >= 4 is 0 Å². The number of halogens is 3. The van der Waals surface area contributed by atoms with Crippen molar-refractivity contribution in [2.75, 3.05) is 0 Å². The molecule has 0 bridgehead atoms. The molecule has 3 heteroatoms. The Kier molecular flexibility index (Phi) is 3.16. The smallest absolute Gasteiger partial charge is 0.166 e. The molecule has 0 saturated carbocycles. The summed E-state index contributed by atoms with van der Waals surface area (Å²) >= 11 is 0. The zero-order chi connectivity index (χ0) is 13.3. The van der Waals surface area contributed by atoms with Crippen molar-refractivity contribution in [3.63, 3.8) is 0 Å². The van der Waals surface area contributed by atoms with E-state index >= 15 is 0 Å². The van der Waals surface area contributed by atoms with E-state index in [1.807, 2.05) is 26.0 Å². The molecule has 0 spiro atoms. The van der Waals surface area contributed by atoms with Crippen LogP contribution in [0.15, 0.2) is 42.5 Å². The summed E-state index contributed by atoms with van der Waals surface area (Å²) in [5, 5.41) is 0. The van der Waals surface area contributed by atoms with E-state index in [9.17, 15) is 13.2 Å². The van der Waals surface area contributed by atoms with Crippen LogP contribution < -0.4 is 0 Å². The fourth-order valence-corrected chi connectivity index (χ4v) is 1.99. The van der Waals surface area contributed by atoms with Crippen molar-refractivity contribution in [3.8, 4) is 11.1 Å². The van der Waals surface area contributed by atoms with E-state index in [4.69, 9.17) is 0 Å². The van der Waals surface area contributed by atoms with Crippen molar-refractivity contribution in [2.24, 2.45) is 0 Å². The van der Waals surface area contributed by atoms with Crippen LogP contribution in [-0.2, 0) is 6.18 Å². The van der Waals surface area contributed by atoms with Crippen molar-refractivity contribution < 1.29 is 13.2 Å². The summed E-state index contributed by atoms with van der Waals surface area (Å²) in [6.45, 7) is 3.70. The van der Waals surface area contributed by atoms with Crippen molar-refractivity contribution in [1.29, 1.82) is 0 Å². The lowest BCUT2D eigenvalue weighted by Crippen LogP contribution is -2.07. The first-order valence-electron chi connectivity index (χ1n) is 5.63. The highest BCUT2D eigenvalue weighted by Gasteiger charge is 2.33. The predicted octanol–water partition coefficient (Wildman–Crippen LogP) is 4.99. The van der Waals surface area contributed by atoms with E-state index in [0.717, 1.165) is 17.2 Å². The largest absolute Gasteiger partial charge is 0.417 e. The van der Waals surface area contributed by atoms with E-state index in [2.05, 4.69) is 0 Å². The van der Waals surface area contributed by atoms with Gasteiger partial charge in [0.2, 0.25) is 0 Å². The summed E-state index contributed by atoms with van der Waals surface area (Å²) in [6, 6.07) is 11.2. The van der Waals surface area contributed by atoms with Crippen molar-refractivity contribution in [2.45, 2.75) is 20.0 Å². The molecule has 18 heavy (non-hydrogen) atoms. The molecule has 0 radical (unpaired) electrons. The first-order chi connectivity index (χ1) is 8.39. The van der Waals surface area contributed by atoms with Gasteiger partial charge in [0.05, 0.1) is 5.56 Å². The third-order valence-electron chi connectivity index (χ3n) is 2.92. The average molecular weight is 250 g/mol. The second-order valence-electron chi connectivity index (χ2n) is 4.36. The molecule has 0 heterocycles. The van der Waals surface area contributed by atoms with Crippen LogP contribution in [-0.4, -0.2) is 0 Å². The Hall–Kier alpha value is -1.77. The lowest BCUT2D eigenvalue weighted by molar-refractivity contribution is -0.137. The van der Waals surface area contributed by atoms with Crippen molar-refractivity contribution in [1.82, 2.24) is 0 Å². The predicted molar refractivity (Wildman–Crippen MR) is 66.4 cm³/mol. The Morgan fingerprint density at radius 1 is 0.833 bits per heavy atom. The van der Waals surface area contributed by atoms with Crippen molar-refractivity contribution in [3.05, 3.63) is 59.2 Å². The van der Waals surface area contributed by atoms with Crippen LogP contribution in [0.4, 0.5) is 13.2 Å². The van der Waals surface area contributed by atoms with E-state index in [1.54, 1.807) is 12.1 Å². The van der Waals surface area contributed by atoms with Gasteiger partial charge in [0, 0.05) is 0 Å². The molecule has 0 atom stereocenters. The summed E-state index contributed by atoms with van der Waals surface area (Å²) in [5.74, 6) is 0. The third kappa shape index (κ3) is 2.40. The highest BCUT2D eigenvalue weighted by atomic mass is 19.4. The molecule has 2 rings (SSSR count). The number of rotatable bonds is 1. The van der Waals surface area contributed by atoms with Gasteiger partial charge in [0.25, 0.3) is 0 Å². The zero-order valence-corrected chi connectivity index (χ0v) is 10.2. The first-order valence-corrected chi connectivity index (χ1v) is 5.63. The van der Waals surface area contributed by atoms with Gasteiger partial charge >= 0.3 is 6.18 Å². The average Bonchev–Trinajstić information content (AvgIpc) is 2.31. The number of hydrogen-bond donors (Lipinski definition) is 0. The summed E-state index contributed by atoms with van der Waals surface area (Å²) < 4.78 is 38.9. The van der Waals surface area contributed by atoms with Gasteiger partial charge in [-0.1, -0.05) is 42.0 Å². The Morgan fingerprint density at radius 3 is 2.17 bits per heavy atom. The van der Waals surface area contributed by atoms with Gasteiger partial charge < -0.3 is 0 Å². The Balaban J connectivity index is 2.68. The second kappa shape index (κ2) is 4.48. The molecule has 2 aromatic carbocycles. The van der Waals surface area contributed by atoms with Crippen LogP contribution in [0.25, 0.3) is 11.1 Å². The molecule has 0 saturated heterocycles. The maximum Gasteiger partial charge on any atom is 0.417 e. The molecule has 0 amide bonds. The highest BCUT2D eigenvalue weighted by molar-refractivity contribution is 5.71. The van der Waals surface area contributed by atoms with Gasteiger partial charge in [-0.15, -0.1) is 0 Å². The van der Waals surface area contributed by atoms with Gasteiger partial charge in [-0.25, -0.2) is 0 Å². The molecular formula is C15H13F3. The second-order valence-corrected chi connectivity index (χ2v) is 4.36. The fourth-order valence-electron chi connectivity index (χ4n) is 1.99. The number of aryl methyl sites for hydroxylation is 2. The minimum absolute atomic E-state index is 0.242. The third-order valence-corrected chi connectivity index (χ3v) is 2.92. The van der Waals surface area contributed by atoms with E-state index < -0.39 is 11.7 Å². The standard InChI is InChI=1S/C15H13F3/c1-10-7-8-11(2)13(9-10)12-5-3-4-6-14(12)15(16,17)18/h3-9H,1-2H3. The molecule has 0 aliphatic heterocycles. The molecule has 94 valence electrons. The Bertz CT molecular complexity index is 568. The monoisotopic (exact) mass is 250 g/mol. The summed E-state index contributed by atoms with van der Waals surface area (Å²) in [6.07, 6.45) is -4.33. The summed E-state index contributed by atoms with van der Waals surface area (Å²) in [5.41, 5.74) is 2.10. The zero-order valence-electron chi connectivity index (χ0n) is 10.2. The Labute approximate surface area is 104 Å². The number of hydrogen-bond acceptors (Lipinski definition) is 0. The molecule has 0 aromatic heterocycles. The van der Waals surface area contributed by atoms with E-state index in [0.29, 0.717) is 5.56 Å². The molecule has 0 aliphatic carbocycles. The van der Waals surface area contributed by atoms with Gasteiger partial charge in [-0.05, 0) is 36.6 Å². The SMILES string of the molecule is Cc1ccc(C)c(-c2ccccc2C(F)(F)F)c1. The number of benzene rings is 2. The molecule has 0 aliphatic rings. The topological polar surface area (TPSA) is 0 Å². The molecule has 2 aromatic rings. The molecule has 0 fully saturated rings. The fraction of sp³-hybridized carbons (Fsp3) is 0.200. The molecule has 0 N–H and O–H groups in total. The molecule has 0 unspecified atom stereocenters. The minimum atomic E-state index is -4.33. The van der Waals surface area contributed by atoms with Crippen LogP contribution >= 0.6 is 0 Å². The highest BCUT2D eigenvalue weighted by Crippen LogP contribution is 2.38. The van der Waals surface area contributed by atoms with Crippen LogP contribution in [0.5, 0.6) is 0 Å². The number of alkyl halides is 3. The normalized spacial score (nSPS) is 11.6. The first kappa shape index (κ1) is 12.7. The van der Waals surface area contributed by atoms with Crippen LogP contribution in [0.1, 0.15) is 16.7 Å². The van der Waals surface area contributed by atoms with Gasteiger partial charge in [-0.2, -0.15) is 13.2 Å². The van der Waals surface area contributed by atoms with Gasteiger partial charge in [0.15, 0.2) is 0 Å². The molecular weight excluding hydrogens is 237 g/mol. The van der Waals surface area contributed by atoms with Gasteiger partial charge in [0.1, 0.15) is 0 Å². The van der Waals surface area contributed by atoms with E-state index in [-0.39, 0.29) is 5.56 Å². The molecule has 0 nitrogen and oxygen atoms in total. The summed E-state index contributed by atoms with van der Waals surface area (Å²) in [7, 11) is 0. The minimum Gasteiger partial charge on any atom is -0.166 e. The lowest BCUT2D eigenvalue weighted by atomic mass is 9.94. The maximum absolute atomic E-state index is 13.0. The summed E-state index contributed by atoms with van der Waals surface area (Å²) in [4.78, 5) is 0. The van der Waals surface area contributed by atoms with Crippen LogP contribution in [0, 0.1) is 13.8 Å². The quantitative estimate of drug-likeness (QED) is 0.669. The van der Waals surface area contributed by atoms with Gasteiger partial charge in [-0.3, -0.25) is 0 Å². The van der Waals surface area contributed by atoms with Crippen LogP contribution in [0.2, 0.25) is 0 Å². The van der Waals surface area contributed by atoms with E-state index in [1.165, 1.54) is 12.1 Å². The maximum atomic E-state index is 13.0. The lowest BCUT2D eigenvalue weighted by Gasteiger charge is -2.15. The van der Waals surface area contributed by atoms with Crippen LogP contribution in [0.3, 0.4) is 0 Å².